The summed E-state index contributed by atoms with van der Waals surface area (Å²) in [5, 5.41) is 8.49. The first-order valence-electron chi connectivity index (χ1n) is 11.4. The fraction of sp³-hybridized carbons (Fsp3) is 0.360. The topological polar surface area (TPSA) is 85.3 Å². The molecule has 2 aliphatic heterocycles. The Labute approximate surface area is 193 Å². The minimum absolute atomic E-state index is 0.0423. The van der Waals surface area contributed by atoms with E-state index in [9.17, 15) is 14.4 Å². The number of amides is 3. The van der Waals surface area contributed by atoms with Crippen molar-refractivity contribution in [2.75, 3.05) is 44.2 Å². The molecule has 0 unspecified atom stereocenters. The van der Waals surface area contributed by atoms with Gasteiger partial charge in [-0.25, -0.2) is 5.01 Å². The van der Waals surface area contributed by atoms with Crippen molar-refractivity contribution in [3.8, 4) is 0 Å². The quantitative estimate of drug-likeness (QED) is 0.702. The summed E-state index contributed by atoms with van der Waals surface area (Å²) in [6, 6.07) is 19.9. The van der Waals surface area contributed by atoms with Crippen LogP contribution in [0.25, 0.3) is 0 Å². The lowest BCUT2D eigenvalue weighted by atomic mass is 10.1. The maximum absolute atomic E-state index is 12.5. The summed E-state index contributed by atoms with van der Waals surface area (Å²) in [7, 11) is 0. The van der Waals surface area contributed by atoms with E-state index in [1.807, 2.05) is 48.5 Å². The molecule has 2 aromatic rings. The Hall–Kier alpha value is -3.68. The number of piperazine rings is 1. The summed E-state index contributed by atoms with van der Waals surface area (Å²) in [6.07, 6.45) is 0.815. The number of anilines is 1. The van der Waals surface area contributed by atoms with Gasteiger partial charge in [0.25, 0.3) is 0 Å². The zero-order valence-electron chi connectivity index (χ0n) is 18.7. The van der Waals surface area contributed by atoms with Crippen LogP contribution in [0.15, 0.2) is 65.8 Å². The molecule has 0 saturated carbocycles. The van der Waals surface area contributed by atoms with E-state index in [1.165, 1.54) is 5.01 Å². The highest BCUT2D eigenvalue weighted by Gasteiger charge is 2.23. The Morgan fingerprint density at radius 3 is 2.15 bits per heavy atom. The number of carbonyl (C=O) groups excluding carboxylic acids is 3. The van der Waals surface area contributed by atoms with Gasteiger partial charge in [-0.15, -0.1) is 0 Å². The number of rotatable bonds is 7. The van der Waals surface area contributed by atoms with Crippen molar-refractivity contribution in [2.45, 2.75) is 19.3 Å². The summed E-state index contributed by atoms with van der Waals surface area (Å²) < 4.78 is 0. The summed E-state index contributed by atoms with van der Waals surface area (Å²) >= 11 is 0. The van der Waals surface area contributed by atoms with Gasteiger partial charge < -0.3 is 15.1 Å². The number of hydrogen-bond donors (Lipinski definition) is 1. The SMILES string of the molecule is O=C(CCC(=O)N1CCC(c2ccccc2)=N1)NCC(=O)N1CCN(c2ccccc2)CC1. The number of nitrogens with one attached hydrogen (secondary N) is 1. The fourth-order valence-electron chi connectivity index (χ4n) is 4.05. The minimum atomic E-state index is -0.300. The van der Waals surface area contributed by atoms with E-state index in [-0.39, 0.29) is 37.1 Å². The maximum Gasteiger partial charge on any atom is 0.243 e. The monoisotopic (exact) mass is 447 g/mol. The number of para-hydroxylation sites is 1. The molecule has 0 bridgehead atoms. The smallest absolute Gasteiger partial charge is 0.243 e. The lowest BCUT2D eigenvalue weighted by molar-refractivity contribution is -0.134. The molecular weight excluding hydrogens is 418 g/mol. The van der Waals surface area contributed by atoms with Crippen molar-refractivity contribution in [3.05, 3.63) is 66.2 Å². The van der Waals surface area contributed by atoms with Gasteiger partial charge in [0.1, 0.15) is 0 Å². The fourth-order valence-corrected chi connectivity index (χ4v) is 4.05. The number of carbonyl (C=O) groups is 3. The summed E-state index contributed by atoms with van der Waals surface area (Å²) in [5.41, 5.74) is 3.04. The molecule has 172 valence electrons. The molecule has 3 amide bonds. The van der Waals surface area contributed by atoms with Crippen molar-refractivity contribution >= 4 is 29.1 Å². The van der Waals surface area contributed by atoms with E-state index in [4.69, 9.17) is 0 Å². The van der Waals surface area contributed by atoms with Crippen LogP contribution in [0.4, 0.5) is 5.69 Å². The zero-order chi connectivity index (χ0) is 23.0. The van der Waals surface area contributed by atoms with Crippen LogP contribution in [0, 0.1) is 0 Å². The van der Waals surface area contributed by atoms with E-state index in [2.05, 4.69) is 27.5 Å². The Bertz CT molecular complexity index is 1000. The molecule has 33 heavy (non-hydrogen) atoms. The van der Waals surface area contributed by atoms with E-state index < -0.39 is 0 Å². The first kappa shape index (κ1) is 22.5. The van der Waals surface area contributed by atoms with Gasteiger partial charge >= 0.3 is 0 Å². The van der Waals surface area contributed by atoms with Crippen molar-refractivity contribution < 1.29 is 14.4 Å². The van der Waals surface area contributed by atoms with Crippen LogP contribution in [-0.4, -0.2) is 72.6 Å². The highest BCUT2D eigenvalue weighted by molar-refractivity contribution is 6.02. The zero-order valence-corrected chi connectivity index (χ0v) is 18.7. The van der Waals surface area contributed by atoms with Gasteiger partial charge in [-0.05, 0) is 17.7 Å². The van der Waals surface area contributed by atoms with Gasteiger partial charge in [0, 0.05) is 51.1 Å². The molecule has 0 spiro atoms. The second kappa shape index (κ2) is 10.8. The van der Waals surface area contributed by atoms with Crippen LogP contribution in [0.2, 0.25) is 0 Å². The lowest BCUT2D eigenvalue weighted by Gasteiger charge is -2.36. The van der Waals surface area contributed by atoms with Gasteiger partial charge in [0.2, 0.25) is 17.7 Å². The predicted molar refractivity (Wildman–Crippen MR) is 127 cm³/mol. The van der Waals surface area contributed by atoms with Crippen LogP contribution in [0.3, 0.4) is 0 Å². The van der Waals surface area contributed by atoms with Crippen LogP contribution >= 0.6 is 0 Å². The first-order chi connectivity index (χ1) is 16.1. The Morgan fingerprint density at radius 2 is 1.45 bits per heavy atom. The molecule has 1 fully saturated rings. The first-order valence-corrected chi connectivity index (χ1v) is 11.4. The third-order valence-electron chi connectivity index (χ3n) is 5.95. The van der Waals surface area contributed by atoms with E-state index >= 15 is 0 Å². The van der Waals surface area contributed by atoms with E-state index in [0.29, 0.717) is 26.1 Å². The maximum atomic E-state index is 12.5. The molecule has 0 atom stereocenters. The second-order valence-corrected chi connectivity index (χ2v) is 8.16. The van der Waals surface area contributed by atoms with Gasteiger partial charge in [0.05, 0.1) is 18.8 Å². The third-order valence-corrected chi connectivity index (χ3v) is 5.95. The second-order valence-electron chi connectivity index (χ2n) is 8.16. The molecule has 0 aromatic heterocycles. The van der Waals surface area contributed by atoms with Crippen molar-refractivity contribution in [1.29, 1.82) is 0 Å². The molecule has 0 radical (unpaired) electrons. The Morgan fingerprint density at radius 1 is 0.788 bits per heavy atom. The molecule has 1 N–H and O–H groups in total. The van der Waals surface area contributed by atoms with Crippen LogP contribution < -0.4 is 10.2 Å². The Balaban J connectivity index is 1.15. The van der Waals surface area contributed by atoms with E-state index in [1.54, 1.807) is 4.90 Å². The Kier molecular flexibility index (Phi) is 7.34. The van der Waals surface area contributed by atoms with Crippen molar-refractivity contribution in [1.82, 2.24) is 15.2 Å². The van der Waals surface area contributed by atoms with Gasteiger partial charge in [-0.3, -0.25) is 14.4 Å². The molecule has 1 saturated heterocycles. The van der Waals surface area contributed by atoms with Crippen LogP contribution in [0.1, 0.15) is 24.8 Å². The standard InChI is InChI=1S/C25H29N5O3/c31-23(11-12-24(32)30-14-13-22(27-30)20-7-3-1-4-8-20)26-19-25(33)29-17-15-28(16-18-29)21-9-5-2-6-10-21/h1-10H,11-19H2,(H,26,31). The van der Waals surface area contributed by atoms with Crippen molar-refractivity contribution in [2.24, 2.45) is 5.10 Å². The van der Waals surface area contributed by atoms with Crippen LogP contribution in [-0.2, 0) is 14.4 Å². The molecule has 2 aromatic carbocycles. The number of hydrogen-bond acceptors (Lipinski definition) is 5. The molecule has 8 heteroatoms. The molecule has 0 aliphatic carbocycles. The molecule has 8 nitrogen and oxygen atoms in total. The summed E-state index contributed by atoms with van der Waals surface area (Å²) in [5.74, 6) is -0.579. The molecule has 2 heterocycles. The number of benzene rings is 2. The number of hydrazone groups is 1. The minimum Gasteiger partial charge on any atom is -0.368 e. The lowest BCUT2D eigenvalue weighted by Crippen LogP contribution is -2.51. The summed E-state index contributed by atoms with van der Waals surface area (Å²) in [4.78, 5) is 41.1. The summed E-state index contributed by atoms with van der Waals surface area (Å²) in [6.45, 7) is 3.26. The van der Waals surface area contributed by atoms with Gasteiger partial charge in [-0.2, -0.15) is 5.10 Å². The normalized spacial score (nSPS) is 15.9. The average molecular weight is 448 g/mol. The predicted octanol–water partition coefficient (Wildman–Crippen LogP) is 1.87. The number of nitrogens with zero attached hydrogens (tertiary/aromatic N) is 4. The third kappa shape index (κ3) is 5.97. The van der Waals surface area contributed by atoms with Gasteiger partial charge in [-0.1, -0.05) is 48.5 Å². The van der Waals surface area contributed by atoms with Crippen molar-refractivity contribution in [3.63, 3.8) is 0 Å². The molecular formula is C25H29N5O3. The largest absolute Gasteiger partial charge is 0.368 e. The van der Waals surface area contributed by atoms with E-state index in [0.717, 1.165) is 30.1 Å². The molecule has 2 aliphatic rings. The highest BCUT2D eigenvalue weighted by atomic mass is 16.2. The molecule has 4 rings (SSSR count). The average Bonchev–Trinajstić information content (AvgIpc) is 3.37. The highest BCUT2D eigenvalue weighted by Crippen LogP contribution is 2.16. The van der Waals surface area contributed by atoms with Gasteiger partial charge in [0.15, 0.2) is 0 Å². The van der Waals surface area contributed by atoms with Crippen LogP contribution in [0.5, 0.6) is 0 Å².